The molecule has 138 valence electrons. The number of halogens is 2. The summed E-state index contributed by atoms with van der Waals surface area (Å²) in [6.07, 6.45) is 0. The van der Waals surface area contributed by atoms with E-state index in [-0.39, 0.29) is 12.1 Å². The van der Waals surface area contributed by atoms with Gasteiger partial charge in [-0.25, -0.2) is 9.18 Å². The van der Waals surface area contributed by atoms with Gasteiger partial charge in [0.05, 0.1) is 12.1 Å². The molecule has 27 heavy (non-hydrogen) atoms. The number of furan rings is 1. The second-order valence-electron chi connectivity index (χ2n) is 5.61. The normalized spacial score (nSPS) is 10.4. The first-order valence-corrected chi connectivity index (χ1v) is 8.44. The van der Waals surface area contributed by atoms with Gasteiger partial charge in [0.1, 0.15) is 17.3 Å². The van der Waals surface area contributed by atoms with E-state index in [2.05, 4.69) is 5.32 Å². The van der Waals surface area contributed by atoms with Crippen LogP contribution in [0.5, 0.6) is 0 Å². The molecule has 0 spiro atoms. The van der Waals surface area contributed by atoms with Gasteiger partial charge in [0.15, 0.2) is 6.61 Å². The molecule has 0 atom stereocenters. The maximum Gasteiger partial charge on any atom is 0.341 e. The number of benzene rings is 2. The number of carbonyl (C=O) groups is 2. The van der Waals surface area contributed by atoms with Gasteiger partial charge >= 0.3 is 5.97 Å². The van der Waals surface area contributed by atoms with Crippen LogP contribution in [0.4, 0.5) is 4.39 Å². The monoisotopic (exact) mass is 387 g/mol. The lowest BCUT2D eigenvalue weighted by Gasteiger charge is -2.06. The lowest BCUT2D eigenvalue weighted by Crippen LogP contribution is -2.28. The van der Waals surface area contributed by atoms with Crippen LogP contribution < -0.4 is 5.32 Å². The van der Waals surface area contributed by atoms with Crippen LogP contribution in [0.1, 0.15) is 16.1 Å². The number of carbonyl (C=O) groups excluding carboxylic acids is 2. The quantitative estimate of drug-likeness (QED) is 0.643. The molecule has 0 radical (unpaired) electrons. The third-order valence-electron chi connectivity index (χ3n) is 3.68. The van der Waals surface area contributed by atoms with Gasteiger partial charge in [0.25, 0.3) is 5.91 Å². The van der Waals surface area contributed by atoms with Crippen molar-refractivity contribution >= 4 is 23.5 Å². The van der Waals surface area contributed by atoms with E-state index < -0.39 is 24.3 Å². The zero-order chi connectivity index (χ0) is 19.2. The average Bonchev–Trinajstić information content (AvgIpc) is 3.14. The van der Waals surface area contributed by atoms with Crippen molar-refractivity contribution in [3.63, 3.8) is 0 Å². The SMILES string of the molecule is O=C(COC(=O)c1ccccc1F)NCc1ccc(-c2ccc(Cl)cc2)o1. The van der Waals surface area contributed by atoms with E-state index in [0.29, 0.717) is 16.5 Å². The van der Waals surface area contributed by atoms with Crippen LogP contribution in [0.3, 0.4) is 0 Å². The Hall–Kier alpha value is -3.12. The number of ether oxygens (including phenoxy) is 1. The fourth-order valence-corrected chi connectivity index (χ4v) is 2.44. The first-order valence-electron chi connectivity index (χ1n) is 8.06. The summed E-state index contributed by atoms with van der Waals surface area (Å²) in [6.45, 7) is -0.387. The largest absolute Gasteiger partial charge is 0.459 e. The lowest BCUT2D eigenvalue weighted by molar-refractivity contribution is -0.124. The number of rotatable bonds is 6. The first-order chi connectivity index (χ1) is 13.0. The minimum absolute atomic E-state index is 0.129. The summed E-state index contributed by atoms with van der Waals surface area (Å²) in [5, 5.41) is 3.20. The molecule has 0 aliphatic rings. The van der Waals surface area contributed by atoms with Crippen LogP contribution in [0, 0.1) is 5.82 Å². The highest BCUT2D eigenvalue weighted by Crippen LogP contribution is 2.23. The number of hydrogen-bond acceptors (Lipinski definition) is 4. The topological polar surface area (TPSA) is 68.5 Å². The molecule has 2 aromatic carbocycles. The summed E-state index contributed by atoms with van der Waals surface area (Å²) >= 11 is 5.85. The van der Waals surface area contributed by atoms with Gasteiger partial charge in [-0.3, -0.25) is 4.79 Å². The Bertz CT molecular complexity index is 953. The average molecular weight is 388 g/mol. The van der Waals surface area contributed by atoms with Gasteiger partial charge in [-0.15, -0.1) is 0 Å². The van der Waals surface area contributed by atoms with Crippen LogP contribution in [-0.2, 0) is 16.1 Å². The van der Waals surface area contributed by atoms with E-state index >= 15 is 0 Å². The lowest BCUT2D eigenvalue weighted by atomic mass is 10.2. The van der Waals surface area contributed by atoms with Gasteiger partial charge in [-0.2, -0.15) is 0 Å². The zero-order valence-electron chi connectivity index (χ0n) is 14.1. The molecule has 3 rings (SSSR count). The fraction of sp³-hybridized carbons (Fsp3) is 0.100. The molecule has 1 N–H and O–H groups in total. The van der Waals surface area contributed by atoms with E-state index in [1.807, 2.05) is 12.1 Å². The molecule has 3 aromatic rings. The molecule has 0 fully saturated rings. The summed E-state index contributed by atoms with van der Waals surface area (Å²) in [5.74, 6) is -0.945. The van der Waals surface area contributed by atoms with Crippen molar-refractivity contribution in [3.8, 4) is 11.3 Å². The van der Waals surface area contributed by atoms with Crippen LogP contribution in [0.25, 0.3) is 11.3 Å². The van der Waals surface area contributed by atoms with Gasteiger partial charge in [0.2, 0.25) is 0 Å². The van der Waals surface area contributed by atoms with E-state index in [9.17, 15) is 14.0 Å². The first kappa shape index (κ1) is 18.7. The van der Waals surface area contributed by atoms with Crippen LogP contribution in [0.15, 0.2) is 65.1 Å². The molecule has 0 unspecified atom stereocenters. The van der Waals surface area contributed by atoms with Gasteiger partial charge in [-0.1, -0.05) is 23.7 Å². The van der Waals surface area contributed by atoms with Crippen molar-refractivity contribution in [2.75, 3.05) is 6.61 Å². The molecule has 0 saturated carbocycles. The number of amides is 1. The Labute approximate surface area is 159 Å². The molecular formula is C20H15ClFNO4. The zero-order valence-corrected chi connectivity index (χ0v) is 14.8. The van der Waals surface area contributed by atoms with Crippen molar-refractivity contribution in [2.24, 2.45) is 0 Å². The summed E-state index contributed by atoms with van der Waals surface area (Å²) < 4.78 is 23.9. The van der Waals surface area contributed by atoms with Crippen molar-refractivity contribution < 1.29 is 23.1 Å². The van der Waals surface area contributed by atoms with Gasteiger partial charge in [0, 0.05) is 10.6 Å². The van der Waals surface area contributed by atoms with E-state index in [1.165, 1.54) is 18.2 Å². The molecule has 0 saturated heterocycles. The minimum atomic E-state index is -0.897. The smallest absolute Gasteiger partial charge is 0.341 e. The fourth-order valence-electron chi connectivity index (χ4n) is 2.31. The Morgan fingerprint density at radius 3 is 2.52 bits per heavy atom. The summed E-state index contributed by atoms with van der Waals surface area (Å²) in [4.78, 5) is 23.6. The molecule has 0 bridgehead atoms. The molecule has 0 aliphatic carbocycles. The van der Waals surface area contributed by atoms with Gasteiger partial charge in [-0.05, 0) is 48.5 Å². The van der Waals surface area contributed by atoms with E-state index in [4.69, 9.17) is 20.8 Å². The minimum Gasteiger partial charge on any atom is -0.459 e. The molecule has 1 heterocycles. The second-order valence-corrected chi connectivity index (χ2v) is 6.04. The summed E-state index contributed by atoms with van der Waals surface area (Å²) in [5.41, 5.74) is 0.639. The van der Waals surface area contributed by atoms with Crippen molar-refractivity contribution in [1.29, 1.82) is 0 Å². The third-order valence-corrected chi connectivity index (χ3v) is 3.93. The van der Waals surface area contributed by atoms with Crippen LogP contribution >= 0.6 is 11.6 Å². The maximum atomic E-state index is 13.5. The molecule has 5 nitrogen and oxygen atoms in total. The highest BCUT2D eigenvalue weighted by atomic mass is 35.5. The number of hydrogen-bond donors (Lipinski definition) is 1. The Morgan fingerprint density at radius 1 is 1.04 bits per heavy atom. The number of nitrogens with one attached hydrogen (secondary N) is 1. The van der Waals surface area contributed by atoms with Crippen LogP contribution in [-0.4, -0.2) is 18.5 Å². The van der Waals surface area contributed by atoms with Crippen molar-refractivity contribution in [3.05, 3.63) is 82.8 Å². The highest BCUT2D eigenvalue weighted by Gasteiger charge is 2.14. The molecular weight excluding hydrogens is 373 g/mol. The standard InChI is InChI=1S/C20H15ClFNO4/c21-14-7-5-13(6-8-14)18-10-9-15(27-18)11-23-19(24)12-26-20(25)16-3-1-2-4-17(16)22/h1-10H,11-12H2,(H,23,24). The molecule has 0 aliphatic heterocycles. The molecule has 7 heteroatoms. The molecule has 1 aromatic heterocycles. The van der Waals surface area contributed by atoms with Crippen molar-refractivity contribution in [1.82, 2.24) is 5.32 Å². The third kappa shape index (κ3) is 4.95. The predicted molar refractivity (Wildman–Crippen MR) is 97.7 cm³/mol. The Kier molecular flexibility index (Phi) is 5.88. The summed E-state index contributed by atoms with van der Waals surface area (Å²) in [7, 11) is 0. The Morgan fingerprint density at radius 2 is 1.78 bits per heavy atom. The second kappa shape index (κ2) is 8.51. The molecule has 1 amide bonds. The van der Waals surface area contributed by atoms with Gasteiger partial charge < -0.3 is 14.5 Å². The Balaban J connectivity index is 1.49. The maximum absolute atomic E-state index is 13.5. The van der Waals surface area contributed by atoms with Crippen LogP contribution in [0.2, 0.25) is 5.02 Å². The van der Waals surface area contributed by atoms with E-state index in [1.54, 1.807) is 24.3 Å². The highest BCUT2D eigenvalue weighted by molar-refractivity contribution is 6.30. The van der Waals surface area contributed by atoms with Crippen molar-refractivity contribution in [2.45, 2.75) is 6.54 Å². The van der Waals surface area contributed by atoms with E-state index in [0.717, 1.165) is 11.6 Å². The predicted octanol–water partition coefficient (Wildman–Crippen LogP) is 4.21. The number of esters is 1. The summed E-state index contributed by atoms with van der Waals surface area (Å²) in [6, 6.07) is 16.1.